The highest BCUT2D eigenvalue weighted by Crippen LogP contribution is 2.58. The molecule has 2 aliphatic rings. The summed E-state index contributed by atoms with van der Waals surface area (Å²) in [5.41, 5.74) is 3.02. The lowest BCUT2D eigenvalue weighted by Gasteiger charge is -2.36. The van der Waals surface area contributed by atoms with Crippen molar-refractivity contribution in [1.29, 1.82) is 0 Å². The van der Waals surface area contributed by atoms with Gasteiger partial charge in [-0.05, 0) is 72.7 Å². The zero-order valence-corrected chi connectivity index (χ0v) is 14.9. The summed E-state index contributed by atoms with van der Waals surface area (Å²) in [5.74, 6) is 1.91. The lowest BCUT2D eigenvalue weighted by molar-refractivity contribution is 0.192. The maximum Gasteiger partial charge on any atom is 0.0738 e. The zero-order valence-electron chi connectivity index (χ0n) is 11.8. The molecule has 2 nitrogen and oxygen atoms in total. The molecule has 106 valence electrons. The molecule has 1 heterocycles. The smallest absolute Gasteiger partial charge is 0.0738 e. The monoisotopic (exact) mass is 388 g/mol. The van der Waals surface area contributed by atoms with Gasteiger partial charge in [0, 0.05) is 11.9 Å². The standard InChI is InChI=1S/C15H22Br2N2/c1-3-19-13(14(17)10(2)18-19)8-15(9-16)7-11-4-5-12(15)6-11/h11-12H,3-9H2,1-2H3. The van der Waals surface area contributed by atoms with E-state index in [9.17, 15) is 0 Å². The molecule has 2 saturated carbocycles. The van der Waals surface area contributed by atoms with Gasteiger partial charge in [0.25, 0.3) is 0 Å². The van der Waals surface area contributed by atoms with E-state index in [1.807, 2.05) is 0 Å². The summed E-state index contributed by atoms with van der Waals surface area (Å²) in [5, 5.41) is 5.79. The van der Waals surface area contributed by atoms with E-state index in [-0.39, 0.29) is 0 Å². The SMILES string of the molecule is CCn1nc(C)c(Br)c1CC1(CBr)CC2CCC1C2. The van der Waals surface area contributed by atoms with E-state index >= 15 is 0 Å². The molecule has 0 N–H and O–H groups in total. The molecular weight excluding hydrogens is 368 g/mol. The number of fused-ring (bicyclic) bond motifs is 2. The predicted molar refractivity (Wildman–Crippen MR) is 85.7 cm³/mol. The lowest BCUT2D eigenvalue weighted by atomic mass is 9.71. The van der Waals surface area contributed by atoms with Gasteiger partial charge in [-0.25, -0.2) is 0 Å². The van der Waals surface area contributed by atoms with Gasteiger partial charge in [-0.2, -0.15) is 5.10 Å². The van der Waals surface area contributed by atoms with Crippen LogP contribution in [0, 0.1) is 24.2 Å². The van der Waals surface area contributed by atoms with Crippen LogP contribution in [0.1, 0.15) is 44.0 Å². The van der Waals surface area contributed by atoms with Crippen molar-refractivity contribution in [2.45, 2.75) is 52.5 Å². The van der Waals surface area contributed by atoms with Crippen molar-refractivity contribution in [3.63, 3.8) is 0 Å². The van der Waals surface area contributed by atoms with Crippen molar-refractivity contribution >= 4 is 31.9 Å². The Kier molecular flexibility index (Phi) is 3.85. The molecule has 0 spiro atoms. The van der Waals surface area contributed by atoms with E-state index in [4.69, 9.17) is 0 Å². The largest absolute Gasteiger partial charge is 0.268 e. The Morgan fingerprint density at radius 1 is 1.42 bits per heavy atom. The molecule has 0 amide bonds. The van der Waals surface area contributed by atoms with E-state index in [2.05, 4.69) is 55.5 Å². The molecule has 0 aromatic carbocycles. The maximum absolute atomic E-state index is 4.65. The van der Waals surface area contributed by atoms with Crippen LogP contribution >= 0.6 is 31.9 Å². The molecular formula is C15H22Br2N2. The zero-order chi connectivity index (χ0) is 13.6. The van der Waals surface area contributed by atoms with Crippen LogP contribution in [0.25, 0.3) is 0 Å². The summed E-state index contributed by atoms with van der Waals surface area (Å²) < 4.78 is 3.42. The van der Waals surface area contributed by atoms with Crippen LogP contribution in [0.3, 0.4) is 0 Å². The van der Waals surface area contributed by atoms with E-state index in [1.54, 1.807) is 0 Å². The Hall–Kier alpha value is 0.170. The molecule has 2 bridgehead atoms. The van der Waals surface area contributed by atoms with Gasteiger partial charge in [-0.1, -0.05) is 22.4 Å². The predicted octanol–water partition coefficient (Wildman–Crippen LogP) is 4.72. The minimum Gasteiger partial charge on any atom is -0.268 e. The van der Waals surface area contributed by atoms with Crippen molar-refractivity contribution in [3.8, 4) is 0 Å². The van der Waals surface area contributed by atoms with Crippen molar-refractivity contribution < 1.29 is 0 Å². The number of hydrogen-bond acceptors (Lipinski definition) is 1. The number of rotatable bonds is 4. The van der Waals surface area contributed by atoms with Crippen LogP contribution < -0.4 is 0 Å². The summed E-state index contributed by atoms with van der Waals surface area (Å²) >= 11 is 7.58. The molecule has 3 unspecified atom stereocenters. The van der Waals surface area contributed by atoms with Crippen molar-refractivity contribution in [1.82, 2.24) is 9.78 Å². The van der Waals surface area contributed by atoms with Crippen LogP contribution in [0.5, 0.6) is 0 Å². The Balaban J connectivity index is 1.92. The Morgan fingerprint density at radius 3 is 2.74 bits per heavy atom. The quantitative estimate of drug-likeness (QED) is 0.681. The number of halogens is 2. The molecule has 0 radical (unpaired) electrons. The van der Waals surface area contributed by atoms with E-state index in [1.165, 1.54) is 42.3 Å². The first-order valence-electron chi connectivity index (χ1n) is 7.37. The molecule has 4 heteroatoms. The molecule has 0 saturated heterocycles. The third-order valence-electron chi connectivity index (χ3n) is 5.34. The average Bonchev–Trinajstić information content (AvgIpc) is 3.08. The molecule has 3 atom stereocenters. The second-order valence-electron chi connectivity index (χ2n) is 6.41. The van der Waals surface area contributed by atoms with Crippen LogP contribution in [0.15, 0.2) is 4.47 Å². The normalized spacial score (nSPS) is 33.3. The van der Waals surface area contributed by atoms with E-state index in [0.717, 1.165) is 29.4 Å². The van der Waals surface area contributed by atoms with Gasteiger partial charge >= 0.3 is 0 Å². The third-order valence-corrected chi connectivity index (χ3v) is 7.49. The number of nitrogens with zero attached hydrogens (tertiary/aromatic N) is 2. The van der Waals surface area contributed by atoms with Crippen molar-refractivity contribution in [2.24, 2.45) is 17.3 Å². The Bertz CT molecular complexity index is 483. The highest BCUT2D eigenvalue weighted by atomic mass is 79.9. The maximum atomic E-state index is 4.65. The summed E-state index contributed by atoms with van der Waals surface area (Å²) in [7, 11) is 0. The van der Waals surface area contributed by atoms with Crippen molar-refractivity contribution in [2.75, 3.05) is 5.33 Å². The first-order chi connectivity index (χ1) is 9.09. The number of aryl methyl sites for hydroxylation is 2. The van der Waals surface area contributed by atoms with Gasteiger partial charge in [-0.3, -0.25) is 4.68 Å². The number of aromatic nitrogens is 2. The number of alkyl halides is 1. The second-order valence-corrected chi connectivity index (χ2v) is 7.77. The first-order valence-corrected chi connectivity index (χ1v) is 9.29. The average molecular weight is 390 g/mol. The van der Waals surface area contributed by atoms with Gasteiger partial charge in [0.15, 0.2) is 0 Å². The fourth-order valence-corrected chi connectivity index (χ4v) is 5.67. The van der Waals surface area contributed by atoms with Gasteiger partial charge in [-0.15, -0.1) is 0 Å². The molecule has 2 aliphatic carbocycles. The van der Waals surface area contributed by atoms with Crippen molar-refractivity contribution in [3.05, 3.63) is 15.9 Å². The Morgan fingerprint density at radius 2 is 2.21 bits per heavy atom. The molecule has 3 rings (SSSR count). The minimum absolute atomic E-state index is 0.477. The second kappa shape index (κ2) is 5.18. The molecule has 19 heavy (non-hydrogen) atoms. The summed E-state index contributed by atoms with van der Waals surface area (Å²) in [6.07, 6.45) is 6.94. The summed E-state index contributed by atoms with van der Waals surface area (Å²) in [6.45, 7) is 5.25. The highest BCUT2D eigenvalue weighted by Gasteiger charge is 2.50. The third kappa shape index (κ3) is 2.23. The van der Waals surface area contributed by atoms with E-state index < -0.39 is 0 Å². The molecule has 1 aromatic rings. The van der Waals surface area contributed by atoms with Crippen LogP contribution in [0.4, 0.5) is 0 Å². The first kappa shape index (κ1) is 14.1. The van der Waals surface area contributed by atoms with Crippen LogP contribution in [-0.2, 0) is 13.0 Å². The Labute approximate surface area is 132 Å². The molecule has 2 fully saturated rings. The van der Waals surface area contributed by atoms with E-state index in [0.29, 0.717) is 5.41 Å². The van der Waals surface area contributed by atoms with Gasteiger partial charge < -0.3 is 0 Å². The van der Waals surface area contributed by atoms with Crippen LogP contribution in [-0.4, -0.2) is 15.1 Å². The fourth-order valence-electron chi connectivity index (χ4n) is 4.36. The number of hydrogen-bond donors (Lipinski definition) is 0. The van der Waals surface area contributed by atoms with Gasteiger partial charge in [0.2, 0.25) is 0 Å². The fraction of sp³-hybridized carbons (Fsp3) is 0.800. The van der Waals surface area contributed by atoms with Gasteiger partial charge in [0.05, 0.1) is 15.9 Å². The minimum atomic E-state index is 0.477. The summed E-state index contributed by atoms with van der Waals surface area (Å²) in [6, 6.07) is 0. The highest BCUT2D eigenvalue weighted by molar-refractivity contribution is 9.10. The summed E-state index contributed by atoms with van der Waals surface area (Å²) in [4.78, 5) is 0. The molecule has 0 aliphatic heterocycles. The molecule has 1 aromatic heterocycles. The van der Waals surface area contributed by atoms with Gasteiger partial charge in [0.1, 0.15) is 0 Å². The van der Waals surface area contributed by atoms with Crippen LogP contribution in [0.2, 0.25) is 0 Å². The topological polar surface area (TPSA) is 17.8 Å². The lowest BCUT2D eigenvalue weighted by Crippen LogP contribution is -2.33.